The van der Waals surface area contributed by atoms with Gasteiger partial charge in [0.1, 0.15) is 0 Å². The minimum atomic E-state index is -0.00484. The quantitative estimate of drug-likeness (QED) is 0.924. The minimum absolute atomic E-state index is 0.00484. The molecule has 1 unspecified atom stereocenters. The number of hydrogen-bond acceptors (Lipinski definition) is 2. The Hall–Kier alpha value is -1.87. The summed E-state index contributed by atoms with van der Waals surface area (Å²) < 4.78 is 0. The molecular weight excluding hydrogens is 272 g/mol. The molecule has 116 valence electrons. The molecule has 3 heteroatoms. The second kappa shape index (κ2) is 6.49. The number of carbonyl (C=O) groups is 1. The van der Waals surface area contributed by atoms with Crippen LogP contribution in [0.15, 0.2) is 53.3 Å². The molecule has 2 aliphatic rings. The molecule has 1 amide bonds. The second-order valence-corrected chi connectivity index (χ2v) is 6.51. The van der Waals surface area contributed by atoms with Crippen LogP contribution in [-0.2, 0) is 0 Å². The molecule has 3 rings (SSSR count). The standard InChI is InChI=1S/C19H24N2O/c1-21(2)13-16-10-6-9-14-11-12-17(18(14)16)20-19(22)15-7-4-3-5-8-15/h3-5,7-8,12,16H,6,9-11,13H2,1-2H3,(H,20,22). The molecule has 22 heavy (non-hydrogen) atoms. The third-order valence-electron chi connectivity index (χ3n) is 4.53. The van der Waals surface area contributed by atoms with Crippen LogP contribution in [0.2, 0.25) is 0 Å². The zero-order valence-electron chi connectivity index (χ0n) is 13.4. The predicted octanol–water partition coefficient (Wildman–Crippen LogP) is 3.36. The molecule has 0 radical (unpaired) electrons. The van der Waals surface area contributed by atoms with Crippen molar-refractivity contribution in [1.82, 2.24) is 10.2 Å². The van der Waals surface area contributed by atoms with Crippen LogP contribution in [0.3, 0.4) is 0 Å². The first-order valence-corrected chi connectivity index (χ1v) is 8.08. The van der Waals surface area contributed by atoms with E-state index in [4.69, 9.17) is 0 Å². The molecule has 0 saturated carbocycles. The highest BCUT2D eigenvalue weighted by Crippen LogP contribution is 2.40. The second-order valence-electron chi connectivity index (χ2n) is 6.51. The van der Waals surface area contributed by atoms with Crippen LogP contribution >= 0.6 is 0 Å². The van der Waals surface area contributed by atoms with Gasteiger partial charge in [-0.25, -0.2) is 0 Å². The topological polar surface area (TPSA) is 32.3 Å². The van der Waals surface area contributed by atoms with E-state index in [1.807, 2.05) is 30.3 Å². The van der Waals surface area contributed by atoms with E-state index in [-0.39, 0.29) is 5.91 Å². The summed E-state index contributed by atoms with van der Waals surface area (Å²) in [5.74, 6) is 0.540. The Kier molecular flexibility index (Phi) is 4.44. The molecule has 0 spiro atoms. The maximum Gasteiger partial charge on any atom is 0.255 e. The summed E-state index contributed by atoms with van der Waals surface area (Å²) in [6, 6.07) is 9.45. The zero-order chi connectivity index (χ0) is 15.5. The molecule has 0 aliphatic heterocycles. The van der Waals surface area contributed by atoms with Crippen molar-refractivity contribution in [3.63, 3.8) is 0 Å². The van der Waals surface area contributed by atoms with Crippen LogP contribution in [0.4, 0.5) is 0 Å². The van der Waals surface area contributed by atoms with E-state index >= 15 is 0 Å². The van der Waals surface area contributed by atoms with Gasteiger partial charge >= 0.3 is 0 Å². The van der Waals surface area contributed by atoms with Crippen molar-refractivity contribution in [2.24, 2.45) is 5.92 Å². The van der Waals surface area contributed by atoms with Gasteiger partial charge in [-0.3, -0.25) is 4.79 Å². The maximum absolute atomic E-state index is 12.4. The SMILES string of the molecule is CN(C)CC1CCCC2=C1C(NC(=O)c1ccccc1)=CC2. The van der Waals surface area contributed by atoms with E-state index in [1.54, 1.807) is 0 Å². The molecule has 1 atom stereocenters. The molecule has 0 heterocycles. The molecule has 1 aromatic rings. The highest BCUT2D eigenvalue weighted by atomic mass is 16.1. The first kappa shape index (κ1) is 15.0. The highest BCUT2D eigenvalue weighted by Gasteiger charge is 2.29. The van der Waals surface area contributed by atoms with Crippen LogP contribution in [-0.4, -0.2) is 31.4 Å². The fraction of sp³-hybridized carbons (Fsp3) is 0.421. The van der Waals surface area contributed by atoms with Gasteiger partial charge in [-0.05, 0) is 63.4 Å². The summed E-state index contributed by atoms with van der Waals surface area (Å²) in [5.41, 5.74) is 4.71. The van der Waals surface area contributed by atoms with Crippen molar-refractivity contribution in [3.05, 3.63) is 58.8 Å². The van der Waals surface area contributed by atoms with Crippen molar-refractivity contribution >= 4 is 5.91 Å². The van der Waals surface area contributed by atoms with Crippen LogP contribution in [0.5, 0.6) is 0 Å². The summed E-state index contributed by atoms with van der Waals surface area (Å²) in [5, 5.41) is 3.14. The molecule has 0 bridgehead atoms. The first-order valence-electron chi connectivity index (χ1n) is 8.08. The van der Waals surface area contributed by atoms with E-state index in [9.17, 15) is 4.79 Å². The third kappa shape index (κ3) is 3.14. The molecule has 0 aromatic heterocycles. The third-order valence-corrected chi connectivity index (χ3v) is 4.53. The van der Waals surface area contributed by atoms with E-state index in [0.717, 1.165) is 24.2 Å². The van der Waals surface area contributed by atoms with E-state index in [1.165, 1.54) is 30.4 Å². The summed E-state index contributed by atoms with van der Waals surface area (Å²) in [6.45, 7) is 1.05. The van der Waals surface area contributed by atoms with Crippen molar-refractivity contribution in [3.8, 4) is 0 Å². The molecular formula is C19H24N2O. The number of benzene rings is 1. The molecule has 1 aromatic carbocycles. The van der Waals surface area contributed by atoms with E-state index in [2.05, 4.69) is 30.4 Å². The average molecular weight is 296 g/mol. The van der Waals surface area contributed by atoms with Gasteiger partial charge in [-0.2, -0.15) is 0 Å². The highest BCUT2D eigenvalue weighted by molar-refractivity contribution is 5.95. The van der Waals surface area contributed by atoms with E-state index < -0.39 is 0 Å². The first-order chi connectivity index (χ1) is 10.6. The lowest BCUT2D eigenvalue weighted by Gasteiger charge is -2.29. The number of nitrogens with zero attached hydrogens (tertiary/aromatic N) is 1. The fourth-order valence-corrected chi connectivity index (χ4v) is 3.61. The lowest BCUT2D eigenvalue weighted by atomic mass is 9.83. The zero-order valence-corrected chi connectivity index (χ0v) is 13.4. The van der Waals surface area contributed by atoms with Gasteiger partial charge in [0.05, 0.1) is 0 Å². The summed E-state index contributed by atoms with van der Waals surface area (Å²) in [6.07, 6.45) is 6.87. The Labute approximate surface area is 132 Å². The van der Waals surface area contributed by atoms with Gasteiger partial charge in [-0.1, -0.05) is 29.8 Å². The number of nitrogens with one attached hydrogen (secondary N) is 1. The van der Waals surface area contributed by atoms with Crippen molar-refractivity contribution in [2.75, 3.05) is 20.6 Å². The Balaban J connectivity index is 1.77. The lowest BCUT2D eigenvalue weighted by Crippen LogP contribution is -2.30. The van der Waals surface area contributed by atoms with Crippen molar-refractivity contribution < 1.29 is 4.79 Å². The number of hydrogen-bond donors (Lipinski definition) is 1. The Bertz CT molecular complexity index is 614. The lowest BCUT2D eigenvalue weighted by molar-refractivity contribution is 0.0966. The summed E-state index contributed by atoms with van der Waals surface area (Å²) in [4.78, 5) is 14.7. The summed E-state index contributed by atoms with van der Waals surface area (Å²) in [7, 11) is 4.24. The number of amides is 1. The van der Waals surface area contributed by atoms with Crippen LogP contribution in [0.1, 0.15) is 36.0 Å². The molecule has 2 aliphatic carbocycles. The fourth-order valence-electron chi connectivity index (χ4n) is 3.61. The predicted molar refractivity (Wildman–Crippen MR) is 89.5 cm³/mol. The number of carbonyl (C=O) groups excluding carboxylic acids is 1. The average Bonchev–Trinajstić information content (AvgIpc) is 2.92. The van der Waals surface area contributed by atoms with Gasteiger partial charge in [0.2, 0.25) is 0 Å². The van der Waals surface area contributed by atoms with Gasteiger partial charge in [0.15, 0.2) is 0 Å². The monoisotopic (exact) mass is 296 g/mol. The number of allylic oxidation sites excluding steroid dienone is 3. The maximum atomic E-state index is 12.4. The smallest absolute Gasteiger partial charge is 0.255 e. The Morgan fingerprint density at radius 3 is 2.77 bits per heavy atom. The molecule has 0 fully saturated rings. The molecule has 1 N–H and O–H groups in total. The van der Waals surface area contributed by atoms with E-state index in [0.29, 0.717) is 5.92 Å². The van der Waals surface area contributed by atoms with Crippen molar-refractivity contribution in [1.29, 1.82) is 0 Å². The Morgan fingerprint density at radius 1 is 1.27 bits per heavy atom. The Morgan fingerprint density at radius 2 is 2.05 bits per heavy atom. The van der Waals surface area contributed by atoms with Gasteiger partial charge in [0, 0.05) is 17.8 Å². The van der Waals surface area contributed by atoms with Crippen molar-refractivity contribution in [2.45, 2.75) is 25.7 Å². The van der Waals surface area contributed by atoms with Gasteiger partial charge in [-0.15, -0.1) is 0 Å². The van der Waals surface area contributed by atoms with Gasteiger partial charge < -0.3 is 10.2 Å². The van der Waals surface area contributed by atoms with Crippen LogP contribution < -0.4 is 5.32 Å². The van der Waals surface area contributed by atoms with Crippen LogP contribution in [0, 0.1) is 5.92 Å². The van der Waals surface area contributed by atoms with Gasteiger partial charge in [0.25, 0.3) is 5.91 Å². The summed E-state index contributed by atoms with van der Waals surface area (Å²) >= 11 is 0. The number of rotatable bonds is 4. The molecule has 0 saturated heterocycles. The molecule has 3 nitrogen and oxygen atoms in total. The normalized spacial score (nSPS) is 20.9. The largest absolute Gasteiger partial charge is 0.322 e. The van der Waals surface area contributed by atoms with Crippen LogP contribution in [0.25, 0.3) is 0 Å². The minimum Gasteiger partial charge on any atom is -0.322 e.